The van der Waals surface area contributed by atoms with Crippen molar-refractivity contribution in [3.63, 3.8) is 0 Å². The predicted molar refractivity (Wildman–Crippen MR) is 98.5 cm³/mol. The van der Waals surface area contributed by atoms with Gasteiger partial charge < -0.3 is 9.73 Å². The third-order valence-electron chi connectivity index (χ3n) is 4.25. The lowest BCUT2D eigenvalue weighted by Gasteiger charge is -2.15. The summed E-state index contributed by atoms with van der Waals surface area (Å²) < 4.78 is 18.1. The van der Waals surface area contributed by atoms with E-state index in [9.17, 15) is 9.18 Å². The molecule has 2 aromatic heterocycles. The highest BCUT2D eigenvalue weighted by atomic mass is 19.1. The molecular formula is C20H16FN3O2. The second kappa shape index (κ2) is 6.48. The van der Waals surface area contributed by atoms with Crippen LogP contribution < -0.4 is 11.1 Å². The molecule has 26 heavy (non-hydrogen) atoms. The number of anilines is 1. The number of fused-ring (bicyclic) bond motifs is 1. The first kappa shape index (κ1) is 16.1. The highest BCUT2D eigenvalue weighted by Crippen LogP contribution is 2.24. The summed E-state index contributed by atoms with van der Waals surface area (Å²) in [5.74, 6) is 0.00286. The molecule has 4 aromatic rings. The van der Waals surface area contributed by atoms with E-state index in [2.05, 4.69) is 15.3 Å². The highest BCUT2D eigenvalue weighted by molar-refractivity contribution is 5.79. The summed E-state index contributed by atoms with van der Waals surface area (Å²) in [5, 5.41) is 3.29. The van der Waals surface area contributed by atoms with E-state index in [4.69, 9.17) is 4.42 Å². The minimum absolute atomic E-state index is 0.000527. The van der Waals surface area contributed by atoms with Gasteiger partial charge in [0, 0.05) is 17.8 Å². The van der Waals surface area contributed by atoms with E-state index >= 15 is 0 Å². The van der Waals surface area contributed by atoms with Gasteiger partial charge in [-0.25, -0.2) is 14.2 Å². The number of aromatic nitrogens is 2. The molecule has 130 valence electrons. The smallest absolute Gasteiger partial charge is 0.408 e. The Morgan fingerprint density at radius 2 is 1.85 bits per heavy atom. The molecule has 2 heterocycles. The molecule has 2 N–H and O–H groups in total. The lowest BCUT2D eigenvalue weighted by molar-refractivity contribution is 0.555. The van der Waals surface area contributed by atoms with Gasteiger partial charge in [-0.1, -0.05) is 18.2 Å². The molecule has 5 nitrogen and oxygen atoms in total. The first-order chi connectivity index (χ1) is 12.6. The molecule has 0 bridgehead atoms. The molecule has 0 radical (unpaired) electrons. The van der Waals surface area contributed by atoms with E-state index in [0.717, 1.165) is 22.5 Å². The number of pyridine rings is 1. The number of aromatic amines is 1. The van der Waals surface area contributed by atoms with Crippen LogP contribution in [0.15, 0.2) is 70.0 Å². The molecule has 0 saturated heterocycles. The first-order valence-corrected chi connectivity index (χ1v) is 8.20. The number of rotatable bonds is 4. The Kier molecular flexibility index (Phi) is 4.01. The molecule has 4 rings (SSSR count). The topological polar surface area (TPSA) is 70.9 Å². The van der Waals surface area contributed by atoms with Crippen molar-refractivity contribution in [3.8, 4) is 11.1 Å². The minimum atomic E-state index is -0.468. The Morgan fingerprint density at radius 3 is 2.58 bits per heavy atom. The van der Waals surface area contributed by atoms with Gasteiger partial charge in [0.2, 0.25) is 0 Å². The van der Waals surface area contributed by atoms with Gasteiger partial charge >= 0.3 is 5.76 Å². The Hall–Kier alpha value is -3.41. The van der Waals surface area contributed by atoms with Crippen LogP contribution >= 0.6 is 0 Å². The summed E-state index contributed by atoms with van der Waals surface area (Å²) >= 11 is 0. The van der Waals surface area contributed by atoms with Gasteiger partial charge in [-0.15, -0.1) is 0 Å². The molecule has 6 heteroatoms. The summed E-state index contributed by atoms with van der Waals surface area (Å²) in [6.45, 7) is 1.99. The summed E-state index contributed by atoms with van der Waals surface area (Å²) in [5.41, 5.74) is 3.98. The Labute approximate surface area is 148 Å². The van der Waals surface area contributed by atoms with Crippen LogP contribution in [0.1, 0.15) is 18.5 Å². The second-order valence-electron chi connectivity index (χ2n) is 6.08. The molecule has 1 unspecified atom stereocenters. The van der Waals surface area contributed by atoms with Crippen LogP contribution in [-0.2, 0) is 0 Å². The molecule has 0 aliphatic carbocycles. The zero-order valence-electron chi connectivity index (χ0n) is 14.0. The SMILES string of the molecule is CC(Nc1ccc(-c2ccc3[nH]c(=O)oc3c2)cn1)c1ccc(F)cc1. The van der Waals surface area contributed by atoms with E-state index in [1.165, 1.54) is 12.1 Å². The third-order valence-corrected chi connectivity index (χ3v) is 4.25. The summed E-state index contributed by atoms with van der Waals surface area (Å²) in [7, 11) is 0. The number of nitrogens with one attached hydrogen (secondary N) is 2. The fraction of sp³-hybridized carbons (Fsp3) is 0.100. The van der Waals surface area contributed by atoms with Crippen molar-refractivity contribution in [1.82, 2.24) is 9.97 Å². The van der Waals surface area contributed by atoms with Gasteiger partial charge in [-0.3, -0.25) is 4.98 Å². The zero-order valence-corrected chi connectivity index (χ0v) is 14.0. The van der Waals surface area contributed by atoms with Crippen LogP contribution in [0.4, 0.5) is 10.2 Å². The van der Waals surface area contributed by atoms with Crippen LogP contribution in [0, 0.1) is 5.82 Å². The van der Waals surface area contributed by atoms with Crippen molar-refractivity contribution >= 4 is 16.9 Å². The van der Waals surface area contributed by atoms with E-state index < -0.39 is 5.76 Å². The average Bonchev–Trinajstić information content (AvgIpc) is 3.02. The molecule has 0 aliphatic rings. The van der Waals surface area contributed by atoms with Crippen molar-refractivity contribution in [2.45, 2.75) is 13.0 Å². The second-order valence-corrected chi connectivity index (χ2v) is 6.08. The highest BCUT2D eigenvalue weighted by Gasteiger charge is 2.08. The van der Waals surface area contributed by atoms with Gasteiger partial charge in [0.25, 0.3) is 0 Å². The Balaban J connectivity index is 1.53. The number of benzene rings is 2. The van der Waals surface area contributed by atoms with E-state index in [1.807, 2.05) is 25.1 Å². The molecule has 0 amide bonds. The number of hydrogen-bond acceptors (Lipinski definition) is 4. The summed E-state index contributed by atoms with van der Waals surface area (Å²) in [6.07, 6.45) is 1.76. The standard InChI is InChI=1S/C20H16FN3O2/c1-12(13-2-6-16(21)7-3-13)23-19-9-5-15(11-22-19)14-4-8-17-18(10-14)26-20(25)24-17/h2-12H,1H3,(H,22,23)(H,24,25). The maximum Gasteiger partial charge on any atom is 0.417 e. The number of oxazole rings is 1. The van der Waals surface area contributed by atoms with E-state index in [-0.39, 0.29) is 11.9 Å². The lowest BCUT2D eigenvalue weighted by Crippen LogP contribution is -2.07. The third kappa shape index (κ3) is 3.21. The number of hydrogen-bond donors (Lipinski definition) is 2. The molecule has 0 aliphatic heterocycles. The summed E-state index contributed by atoms with van der Waals surface area (Å²) in [6, 6.07) is 15.7. The fourth-order valence-electron chi connectivity index (χ4n) is 2.83. The quantitative estimate of drug-likeness (QED) is 0.569. The Morgan fingerprint density at radius 1 is 1.08 bits per heavy atom. The molecule has 0 fully saturated rings. The van der Waals surface area contributed by atoms with Crippen LogP contribution in [0.5, 0.6) is 0 Å². The van der Waals surface area contributed by atoms with Gasteiger partial charge in [-0.05, 0) is 54.4 Å². The summed E-state index contributed by atoms with van der Waals surface area (Å²) in [4.78, 5) is 18.3. The van der Waals surface area contributed by atoms with Crippen molar-refractivity contribution in [2.75, 3.05) is 5.32 Å². The minimum Gasteiger partial charge on any atom is -0.408 e. The normalized spacial score (nSPS) is 12.2. The van der Waals surface area contributed by atoms with Crippen molar-refractivity contribution in [1.29, 1.82) is 0 Å². The number of halogens is 1. The van der Waals surface area contributed by atoms with Crippen molar-refractivity contribution in [3.05, 3.63) is 82.7 Å². The van der Waals surface area contributed by atoms with Crippen LogP contribution in [0.3, 0.4) is 0 Å². The van der Waals surface area contributed by atoms with Gasteiger partial charge in [-0.2, -0.15) is 0 Å². The van der Waals surface area contributed by atoms with Gasteiger partial charge in [0.15, 0.2) is 5.58 Å². The number of H-pyrrole nitrogens is 1. The van der Waals surface area contributed by atoms with Crippen molar-refractivity contribution in [2.24, 2.45) is 0 Å². The lowest BCUT2D eigenvalue weighted by atomic mass is 10.1. The van der Waals surface area contributed by atoms with Crippen LogP contribution in [-0.4, -0.2) is 9.97 Å². The van der Waals surface area contributed by atoms with Gasteiger partial charge in [0.05, 0.1) is 5.52 Å². The molecule has 0 saturated carbocycles. The first-order valence-electron chi connectivity index (χ1n) is 8.20. The maximum absolute atomic E-state index is 13.0. The van der Waals surface area contributed by atoms with Crippen LogP contribution in [0.25, 0.3) is 22.2 Å². The van der Waals surface area contributed by atoms with E-state index in [1.54, 1.807) is 30.5 Å². The largest absolute Gasteiger partial charge is 0.417 e. The predicted octanol–water partition coefficient (Wildman–Crippen LogP) is 4.50. The fourth-order valence-corrected chi connectivity index (χ4v) is 2.83. The van der Waals surface area contributed by atoms with Gasteiger partial charge in [0.1, 0.15) is 11.6 Å². The van der Waals surface area contributed by atoms with E-state index in [0.29, 0.717) is 11.1 Å². The monoisotopic (exact) mass is 349 g/mol. The molecule has 1 atom stereocenters. The Bertz CT molecular complexity index is 1100. The van der Waals surface area contributed by atoms with Crippen LogP contribution in [0.2, 0.25) is 0 Å². The molecule has 0 spiro atoms. The average molecular weight is 349 g/mol. The zero-order chi connectivity index (χ0) is 18.1. The van der Waals surface area contributed by atoms with Crippen molar-refractivity contribution < 1.29 is 8.81 Å². The maximum atomic E-state index is 13.0. The number of nitrogens with zero attached hydrogens (tertiary/aromatic N) is 1. The molecular weight excluding hydrogens is 333 g/mol. The molecule has 2 aromatic carbocycles.